The highest BCUT2D eigenvalue weighted by Crippen LogP contribution is 2.19. The lowest BCUT2D eigenvalue weighted by Gasteiger charge is -2.16. The van der Waals surface area contributed by atoms with Crippen molar-refractivity contribution in [2.75, 3.05) is 6.54 Å². The Bertz CT molecular complexity index is 548. The lowest BCUT2D eigenvalue weighted by Crippen LogP contribution is -2.20. The van der Waals surface area contributed by atoms with E-state index in [2.05, 4.69) is 65.1 Å². The van der Waals surface area contributed by atoms with Crippen LogP contribution in [0.2, 0.25) is 0 Å². The molecule has 1 unspecified atom stereocenters. The molecule has 0 aliphatic carbocycles. The maximum Gasteiger partial charge on any atom is 0.0295 e. The van der Waals surface area contributed by atoms with Gasteiger partial charge in [-0.1, -0.05) is 65.0 Å². The third kappa shape index (κ3) is 4.05. The second kappa shape index (κ2) is 6.69. The lowest BCUT2D eigenvalue weighted by molar-refractivity contribution is 0.622. The van der Waals surface area contributed by atoms with E-state index in [0.29, 0.717) is 6.04 Å². The van der Waals surface area contributed by atoms with Crippen LogP contribution in [0.5, 0.6) is 0 Å². The van der Waals surface area contributed by atoms with Crippen molar-refractivity contribution in [3.63, 3.8) is 0 Å². The fourth-order valence-electron chi connectivity index (χ4n) is 1.95. The van der Waals surface area contributed by atoms with Crippen LogP contribution in [-0.4, -0.2) is 6.54 Å². The highest BCUT2D eigenvalue weighted by molar-refractivity contribution is 9.10. The van der Waals surface area contributed by atoms with Crippen LogP contribution < -0.4 is 5.32 Å². The highest BCUT2D eigenvalue weighted by Gasteiger charge is 2.06. The van der Waals surface area contributed by atoms with E-state index in [-0.39, 0.29) is 0 Å². The van der Waals surface area contributed by atoms with Gasteiger partial charge in [0.05, 0.1) is 0 Å². The first kappa shape index (κ1) is 14.0. The van der Waals surface area contributed by atoms with Gasteiger partial charge in [-0.25, -0.2) is 0 Å². The molecule has 0 saturated heterocycles. The molecule has 2 rings (SSSR count). The van der Waals surface area contributed by atoms with E-state index in [0.717, 1.165) is 16.6 Å². The average Bonchev–Trinajstić information content (AvgIpc) is 2.45. The summed E-state index contributed by atoms with van der Waals surface area (Å²) in [6.45, 7) is 7.09. The van der Waals surface area contributed by atoms with Gasteiger partial charge in [-0.15, -0.1) is 0 Å². The summed E-state index contributed by atoms with van der Waals surface area (Å²) in [6, 6.07) is 19.0. The van der Waals surface area contributed by atoms with Gasteiger partial charge in [-0.3, -0.25) is 0 Å². The summed E-state index contributed by atoms with van der Waals surface area (Å²) in [5.41, 5.74) is 3.58. The normalized spacial score (nSPS) is 12.1. The van der Waals surface area contributed by atoms with Gasteiger partial charge in [0.15, 0.2) is 0 Å². The molecule has 0 saturated carbocycles. The second-order valence-corrected chi connectivity index (χ2v) is 5.54. The van der Waals surface area contributed by atoms with Gasteiger partial charge in [-0.2, -0.15) is 0 Å². The number of rotatable bonds is 5. The molecule has 1 atom stereocenters. The topological polar surface area (TPSA) is 12.0 Å². The van der Waals surface area contributed by atoms with Crippen molar-refractivity contribution < 1.29 is 0 Å². The van der Waals surface area contributed by atoms with Gasteiger partial charge in [0.1, 0.15) is 0 Å². The van der Waals surface area contributed by atoms with Crippen LogP contribution in [0.15, 0.2) is 65.6 Å². The number of hydrogen-bond acceptors (Lipinski definition) is 1. The van der Waals surface area contributed by atoms with Gasteiger partial charge in [0, 0.05) is 17.1 Å². The Hall–Kier alpha value is -1.38. The molecule has 2 aromatic carbocycles. The molecule has 2 aromatic rings. The Labute approximate surface area is 123 Å². The molecule has 0 radical (unpaired) electrons. The van der Waals surface area contributed by atoms with Gasteiger partial charge in [-0.05, 0) is 35.8 Å². The molecule has 2 heteroatoms. The smallest absolute Gasteiger partial charge is 0.0295 e. The van der Waals surface area contributed by atoms with E-state index < -0.39 is 0 Å². The maximum absolute atomic E-state index is 4.14. The number of halogens is 1. The highest BCUT2D eigenvalue weighted by atomic mass is 79.9. The summed E-state index contributed by atoms with van der Waals surface area (Å²) in [5, 5.41) is 3.50. The fourth-order valence-corrected chi connectivity index (χ4v) is 2.36. The summed E-state index contributed by atoms with van der Waals surface area (Å²) >= 11 is 3.50. The number of benzene rings is 2. The molecular formula is C17H18BrN. The zero-order chi connectivity index (χ0) is 13.7. The standard InChI is InChI=1S/C17H18BrN/c1-13(15-7-4-3-5-8-15)12-19-14(2)16-9-6-10-17(18)11-16/h3-11,14,19H,1,12H2,2H3. The van der Waals surface area contributed by atoms with Crippen molar-refractivity contribution in [3.05, 3.63) is 76.8 Å². The van der Waals surface area contributed by atoms with Crippen molar-refractivity contribution >= 4 is 21.5 Å². The zero-order valence-electron chi connectivity index (χ0n) is 11.1. The van der Waals surface area contributed by atoms with Crippen molar-refractivity contribution in [3.8, 4) is 0 Å². The molecule has 1 nitrogen and oxygen atoms in total. The molecule has 0 heterocycles. The first-order chi connectivity index (χ1) is 9.16. The summed E-state index contributed by atoms with van der Waals surface area (Å²) in [6.07, 6.45) is 0. The lowest BCUT2D eigenvalue weighted by atomic mass is 10.1. The molecule has 19 heavy (non-hydrogen) atoms. The predicted octanol–water partition coefficient (Wildman–Crippen LogP) is 4.81. The molecule has 0 aliphatic heterocycles. The Balaban J connectivity index is 1.94. The Morgan fingerprint density at radius 3 is 2.58 bits per heavy atom. The molecule has 0 spiro atoms. The van der Waals surface area contributed by atoms with Crippen LogP contribution in [-0.2, 0) is 0 Å². The van der Waals surface area contributed by atoms with Gasteiger partial charge >= 0.3 is 0 Å². The van der Waals surface area contributed by atoms with Crippen molar-refractivity contribution in [1.82, 2.24) is 5.32 Å². The second-order valence-electron chi connectivity index (χ2n) is 4.63. The number of nitrogens with one attached hydrogen (secondary N) is 1. The molecule has 0 fully saturated rings. The molecule has 0 bridgehead atoms. The largest absolute Gasteiger partial charge is 0.306 e. The third-order valence-corrected chi connectivity index (χ3v) is 3.65. The van der Waals surface area contributed by atoms with E-state index in [1.54, 1.807) is 0 Å². The molecule has 0 amide bonds. The minimum atomic E-state index is 0.304. The van der Waals surface area contributed by atoms with E-state index in [1.165, 1.54) is 11.1 Å². The van der Waals surface area contributed by atoms with Crippen LogP contribution in [0.1, 0.15) is 24.1 Å². The Morgan fingerprint density at radius 1 is 1.16 bits per heavy atom. The molecular weight excluding hydrogens is 298 g/mol. The Morgan fingerprint density at radius 2 is 1.89 bits per heavy atom. The van der Waals surface area contributed by atoms with Crippen LogP contribution in [0, 0.1) is 0 Å². The fraction of sp³-hybridized carbons (Fsp3) is 0.176. The quantitative estimate of drug-likeness (QED) is 0.834. The molecule has 1 N–H and O–H groups in total. The average molecular weight is 316 g/mol. The van der Waals surface area contributed by atoms with Crippen molar-refractivity contribution in [1.29, 1.82) is 0 Å². The van der Waals surface area contributed by atoms with Gasteiger partial charge < -0.3 is 5.32 Å². The van der Waals surface area contributed by atoms with Gasteiger partial charge in [0.25, 0.3) is 0 Å². The van der Waals surface area contributed by atoms with E-state index >= 15 is 0 Å². The summed E-state index contributed by atoms with van der Waals surface area (Å²) in [7, 11) is 0. The van der Waals surface area contributed by atoms with Crippen LogP contribution in [0.4, 0.5) is 0 Å². The van der Waals surface area contributed by atoms with E-state index in [1.807, 2.05) is 24.3 Å². The first-order valence-corrected chi connectivity index (χ1v) is 7.18. The summed E-state index contributed by atoms with van der Waals surface area (Å²) < 4.78 is 1.11. The van der Waals surface area contributed by atoms with E-state index in [4.69, 9.17) is 0 Å². The van der Waals surface area contributed by atoms with Crippen LogP contribution in [0.25, 0.3) is 5.57 Å². The summed E-state index contributed by atoms with van der Waals surface area (Å²) in [5.74, 6) is 0. The summed E-state index contributed by atoms with van der Waals surface area (Å²) in [4.78, 5) is 0. The molecule has 98 valence electrons. The van der Waals surface area contributed by atoms with Crippen molar-refractivity contribution in [2.45, 2.75) is 13.0 Å². The van der Waals surface area contributed by atoms with Gasteiger partial charge in [0.2, 0.25) is 0 Å². The van der Waals surface area contributed by atoms with E-state index in [9.17, 15) is 0 Å². The third-order valence-electron chi connectivity index (χ3n) is 3.15. The molecule has 0 aliphatic rings. The number of hydrogen-bond donors (Lipinski definition) is 1. The SMILES string of the molecule is C=C(CNC(C)c1cccc(Br)c1)c1ccccc1. The van der Waals surface area contributed by atoms with Crippen molar-refractivity contribution in [2.24, 2.45) is 0 Å². The minimum absolute atomic E-state index is 0.304. The van der Waals surface area contributed by atoms with Crippen LogP contribution >= 0.6 is 15.9 Å². The zero-order valence-corrected chi connectivity index (χ0v) is 12.7. The first-order valence-electron chi connectivity index (χ1n) is 6.39. The minimum Gasteiger partial charge on any atom is -0.306 e. The Kier molecular flexibility index (Phi) is 4.94. The molecule has 0 aromatic heterocycles. The van der Waals surface area contributed by atoms with Crippen LogP contribution in [0.3, 0.4) is 0 Å². The monoisotopic (exact) mass is 315 g/mol. The maximum atomic E-state index is 4.14. The predicted molar refractivity (Wildman–Crippen MR) is 86.0 cm³/mol.